The molecule has 5 heteroatoms. The Kier molecular flexibility index (Phi) is 8.40. The highest BCUT2D eigenvalue weighted by Crippen LogP contribution is 2.43. The largest absolute Gasteiger partial charge is 0.461 e. The van der Waals surface area contributed by atoms with Crippen LogP contribution in [0, 0.1) is 11.8 Å². The van der Waals surface area contributed by atoms with Gasteiger partial charge in [-0.05, 0) is 65.6 Å². The van der Waals surface area contributed by atoms with Gasteiger partial charge in [-0.15, -0.1) is 0 Å². The molecule has 4 rings (SSSR count). The average Bonchev–Trinajstić information content (AvgIpc) is 2.88. The van der Waals surface area contributed by atoms with E-state index in [1.54, 1.807) is 0 Å². The van der Waals surface area contributed by atoms with Crippen LogP contribution in [0.3, 0.4) is 0 Å². The van der Waals surface area contributed by atoms with Gasteiger partial charge in [-0.3, -0.25) is 9.59 Å². The van der Waals surface area contributed by atoms with Crippen LogP contribution in [-0.4, -0.2) is 11.9 Å². The first-order valence-electron chi connectivity index (χ1n) is 12.3. The molecule has 1 aliphatic rings. The third-order valence-corrected chi connectivity index (χ3v) is 7.40. The first-order chi connectivity index (χ1) is 16.9. The Morgan fingerprint density at radius 2 is 1.63 bits per heavy atom. The summed E-state index contributed by atoms with van der Waals surface area (Å²) in [7, 11) is 0. The highest BCUT2D eigenvalue weighted by molar-refractivity contribution is 9.10. The zero-order valence-electron chi connectivity index (χ0n) is 20.2. The van der Waals surface area contributed by atoms with Gasteiger partial charge in [0.2, 0.25) is 5.91 Å². The van der Waals surface area contributed by atoms with Crippen LogP contribution in [-0.2, 0) is 20.9 Å². The molecule has 0 heterocycles. The molecule has 3 aromatic rings. The maximum absolute atomic E-state index is 13.5. The lowest BCUT2D eigenvalue weighted by Gasteiger charge is -2.36. The van der Waals surface area contributed by atoms with E-state index >= 15 is 0 Å². The van der Waals surface area contributed by atoms with Crippen LogP contribution in [0.15, 0.2) is 83.3 Å². The molecular weight excluding hydrogens is 502 g/mol. The van der Waals surface area contributed by atoms with Crippen molar-refractivity contribution in [1.82, 2.24) is 0 Å². The van der Waals surface area contributed by atoms with Crippen molar-refractivity contribution in [3.8, 4) is 0 Å². The minimum Gasteiger partial charge on any atom is -0.461 e. The molecule has 1 saturated carbocycles. The number of esters is 1. The molecule has 1 aliphatic carbocycles. The fourth-order valence-corrected chi connectivity index (χ4v) is 5.18. The van der Waals surface area contributed by atoms with Gasteiger partial charge in [0.1, 0.15) is 6.61 Å². The second-order valence-corrected chi connectivity index (χ2v) is 10.5. The average molecular weight is 534 g/mol. The lowest BCUT2D eigenvalue weighted by molar-refractivity contribution is -0.156. The standard InChI is InChI=1S/C30H32BrNO3/c1-20(2)22-13-17-25(18-14-22)32-29(33)27-10-6-9-26(23-11-15-24(31)16-12-23)28(27)30(34)35-19-21-7-4-3-5-8-21/h3-5,7-8,11-18,20,26-28H,6,9-10,19H2,1-2H3,(H,32,33)/t26-,27-,28-/m0/s1. The summed E-state index contributed by atoms with van der Waals surface area (Å²) >= 11 is 3.49. The van der Waals surface area contributed by atoms with Crippen LogP contribution in [0.1, 0.15) is 61.6 Å². The van der Waals surface area contributed by atoms with E-state index in [9.17, 15) is 9.59 Å². The smallest absolute Gasteiger partial charge is 0.310 e. The third-order valence-electron chi connectivity index (χ3n) is 6.87. The summed E-state index contributed by atoms with van der Waals surface area (Å²) in [6.07, 6.45) is 2.39. The van der Waals surface area contributed by atoms with E-state index in [1.807, 2.05) is 78.9 Å². The second kappa shape index (κ2) is 11.7. The molecule has 0 saturated heterocycles. The molecule has 3 aromatic carbocycles. The van der Waals surface area contributed by atoms with Gasteiger partial charge in [0, 0.05) is 10.2 Å². The van der Waals surface area contributed by atoms with Crippen LogP contribution >= 0.6 is 15.9 Å². The number of hydrogen-bond donors (Lipinski definition) is 1. The number of halogens is 1. The van der Waals surface area contributed by atoms with Gasteiger partial charge in [-0.2, -0.15) is 0 Å². The first kappa shape index (κ1) is 25.2. The molecule has 0 aliphatic heterocycles. The number of rotatable bonds is 7. The second-order valence-electron chi connectivity index (χ2n) is 9.58. The van der Waals surface area contributed by atoms with E-state index in [0.29, 0.717) is 12.3 Å². The van der Waals surface area contributed by atoms with Gasteiger partial charge in [-0.1, -0.05) is 90.8 Å². The van der Waals surface area contributed by atoms with Crippen LogP contribution in [0.25, 0.3) is 0 Å². The SMILES string of the molecule is CC(C)c1ccc(NC(=O)[C@H]2CCC[C@@H](c3ccc(Br)cc3)[C@@H]2C(=O)OCc2ccccc2)cc1. The molecule has 1 amide bonds. The fraction of sp³-hybridized carbons (Fsp3) is 0.333. The van der Waals surface area contributed by atoms with Gasteiger partial charge in [0.05, 0.1) is 11.8 Å². The van der Waals surface area contributed by atoms with Crippen molar-refractivity contribution in [3.63, 3.8) is 0 Å². The van der Waals surface area contributed by atoms with E-state index in [1.165, 1.54) is 5.56 Å². The number of benzene rings is 3. The van der Waals surface area contributed by atoms with E-state index in [0.717, 1.165) is 34.1 Å². The summed E-state index contributed by atoms with van der Waals surface area (Å²) < 4.78 is 6.77. The van der Waals surface area contributed by atoms with Gasteiger partial charge < -0.3 is 10.1 Å². The van der Waals surface area contributed by atoms with E-state index in [-0.39, 0.29) is 24.4 Å². The maximum Gasteiger partial charge on any atom is 0.310 e. The Hall–Kier alpha value is -2.92. The summed E-state index contributed by atoms with van der Waals surface area (Å²) in [6.45, 7) is 4.49. The quantitative estimate of drug-likeness (QED) is 0.320. The van der Waals surface area contributed by atoms with Crippen LogP contribution in [0.4, 0.5) is 5.69 Å². The Morgan fingerprint density at radius 3 is 2.29 bits per heavy atom. The predicted molar refractivity (Wildman–Crippen MR) is 143 cm³/mol. The molecule has 0 unspecified atom stereocenters. The molecule has 0 spiro atoms. The normalized spacial score (nSPS) is 19.8. The maximum atomic E-state index is 13.5. The van der Waals surface area contributed by atoms with Crippen molar-refractivity contribution in [2.75, 3.05) is 5.32 Å². The highest BCUT2D eigenvalue weighted by atomic mass is 79.9. The number of amides is 1. The molecular formula is C30H32BrNO3. The highest BCUT2D eigenvalue weighted by Gasteiger charge is 2.43. The minimum atomic E-state index is -0.538. The summed E-state index contributed by atoms with van der Waals surface area (Å²) in [5.74, 6) is -1.07. The molecule has 0 aromatic heterocycles. The van der Waals surface area contributed by atoms with Gasteiger partial charge >= 0.3 is 5.97 Å². The predicted octanol–water partition coefficient (Wildman–Crippen LogP) is 7.45. The van der Waals surface area contributed by atoms with Crippen LogP contribution < -0.4 is 5.32 Å². The summed E-state index contributed by atoms with van der Waals surface area (Å²) in [5, 5.41) is 3.06. The Balaban J connectivity index is 1.56. The van der Waals surface area contributed by atoms with Crippen molar-refractivity contribution in [2.45, 2.75) is 51.6 Å². The lowest BCUT2D eigenvalue weighted by Crippen LogP contribution is -2.41. The van der Waals surface area contributed by atoms with E-state index in [2.05, 4.69) is 35.1 Å². The van der Waals surface area contributed by atoms with Crippen molar-refractivity contribution in [1.29, 1.82) is 0 Å². The third kappa shape index (κ3) is 6.40. The molecule has 0 radical (unpaired) electrons. The fourth-order valence-electron chi connectivity index (χ4n) is 4.92. The summed E-state index contributed by atoms with van der Waals surface area (Å²) in [4.78, 5) is 27.0. The molecule has 35 heavy (non-hydrogen) atoms. The topological polar surface area (TPSA) is 55.4 Å². The zero-order chi connectivity index (χ0) is 24.8. The minimum absolute atomic E-state index is 0.0702. The Bertz CT molecular complexity index is 1130. The lowest BCUT2D eigenvalue weighted by atomic mass is 9.69. The number of hydrogen-bond acceptors (Lipinski definition) is 3. The summed E-state index contributed by atoms with van der Waals surface area (Å²) in [5.41, 5.74) is 3.97. The van der Waals surface area contributed by atoms with Gasteiger partial charge in [0.25, 0.3) is 0 Å². The number of nitrogens with one attached hydrogen (secondary N) is 1. The van der Waals surface area contributed by atoms with Gasteiger partial charge in [-0.25, -0.2) is 0 Å². The molecule has 3 atom stereocenters. The van der Waals surface area contributed by atoms with Crippen molar-refractivity contribution in [3.05, 3.63) is 100 Å². The van der Waals surface area contributed by atoms with Crippen molar-refractivity contribution >= 4 is 33.5 Å². The molecule has 0 bridgehead atoms. The van der Waals surface area contributed by atoms with Gasteiger partial charge in [0.15, 0.2) is 0 Å². The molecule has 4 nitrogen and oxygen atoms in total. The first-order valence-corrected chi connectivity index (χ1v) is 13.1. The number of anilines is 1. The van der Waals surface area contributed by atoms with Crippen molar-refractivity contribution in [2.24, 2.45) is 11.8 Å². The van der Waals surface area contributed by atoms with E-state index < -0.39 is 11.8 Å². The molecule has 182 valence electrons. The number of ether oxygens (including phenoxy) is 1. The molecule has 1 N–H and O–H groups in total. The van der Waals surface area contributed by atoms with Crippen LogP contribution in [0.2, 0.25) is 0 Å². The Morgan fingerprint density at radius 1 is 0.943 bits per heavy atom. The number of carbonyl (C=O) groups excluding carboxylic acids is 2. The zero-order valence-corrected chi connectivity index (χ0v) is 21.8. The Labute approximate surface area is 216 Å². The monoisotopic (exact) mass is 533 g/mol. The molecule has 1 fully saturated rings. The van der Waals surface area contributed by atoms with Crippen LogP contribution in [0.5, 0.6) is 0 Å². The summed E-state index contributed by atoms with van der Waals surface area (Å²) in [6, 6.07) is 25.7. The number of carbonyl (C=O) groups is 2. The van der Waals surface area contributed by atoms with Crippen molar-refractivity contribution < 1.29 is 14.3 Å². The van der Waals surface area contributed by atoms with E-state index in [4.69, 9.17) is 4.74 Å².